The van der Waals surface area contributed by atoms with Crippen molar-refractivity contribution < 1.29 is 75.8 Å². The minimum absolute atomic E-state index is 0.00610. The third kappa shape index (κ3) is 73.4. The lowest BCUT2D eigenvalue weighted by atomic mass is 10.1. The fraction of sp³-hybridized carbons (Fsp3) is 0.568. The van der Waals surface area contributed by atoms with Crippen LogP contribution in [0.3, 0.4) is 0 Å². The van der Waals surface area contributed by atoms with Gasteiger partial charge in [0.2, 0.25) is 0 Å². The standard InChI is InChI=1S/C81H128O16P2/c1-4-7-10-13-16-19-22-25-28-31-32-33-34-35-36-37-38-39-40-41-42-45-47-49-52-55-58-61-64-67-79(84)91-70-76(82)71-93-98(87,88)94-72-77(83)73-95-99(89,90)96-75-78(97-81(86)69-66-63-60-57-54-51-48-44-30-27-24-21-18-15-12-9-6-3)74-92-80(85)68-65-62-59-56-53-50-46-43-29-26-23-20-17-14-11-8-5-2/h7-12,16-21,25-30,32-33,35-36,38-39,46,48,50-51,56-57,59-60,76-78,82-83H,4-6,13-15,22-24,31,34,37,40-45,47,49,52-55,58,61-75H2,1-3H3,(H,87,88)(H,89,90)/b10-7-,11-8-,12-9-,19-16-,20-17-,21-18-,28-25-,29-26-,30-27-,33-32-,36-35-,39-38-,50-46-,51-48-,59-56-,60-57-. The second kappa shape index (κ2) is 72.2. The van der Waals surface area contributed by atoms with Gasteiger partial charge in [-0.1, -0.05) is 267 Å². The molecule has 558 valence electrons. The van der Waals surface area contributed by atoms with Gasteiger partial charge in [0.25, 0.3) is 0 Å². The van der Waals surface area contributed by atoms with E-state index < -0.39 is 91.5 Å². The Bertz CT molecular complexity index is 2580. The fourth-order valence-electron chi connectivity index (χ4n) is 8.82. The molecule has 5 atom stereocenters. The summed E-state index contributed by atoms with van der Waals surface area (Å²) in [5.41, 5.74) is 0. The maximum atomic E-state index is 12.9. The van der Waals surface area contributed by atoms with E-state index >= 15 is 0 Å². The molecular weight excluding hydrogens is 1290 g/mol. The van der Waals surface area contributed by atoms with Crippen LogP contribution in [0, 0.1) is 0 Å². The van der Waals surface area contributed by atoms with E-state index in [4.69, 9.17) is 32.3 Å². The Hall–Kier alpha value is -5.61. The van der Waals surface area contributed by atoms with Gasteiger partial charge in [0.1, 0.15) is 25.4 Å². The molecule has 0 fully saturated rings. The van der Waals surface area contributed by atoms with E-state index in [1.54, 1.807) is 0 Å². The zero-order valence-electron chi connectivity index (χ0n) is 60.6. The molecule has 0 radical (unpaired) electrons. The number of carbonyl (C=O) groups excluding carboxylic acids is 3. The number of carbonyl (C=O) groups is 3. The second-order valence-corrected chi connectivity index (χ2v) is 26.5. The van der Waals surface area contributed by atoms with Gasteiger partial charge in [-0.2, -0.15) is 0 Å². The van der Waals surface area contributed by atoms with Crippen LogP contribution in [0.15, 0.2) is 194 Å². The molecule has 0 heterocycles. The molecule has 0 rings (SSSR count). The molecule has 18 heteroatoms. The van der Waals surface area contributed by atoms with Gasteiger partial charge in [-0.15, -0.1) is 0 Å². The van der Waals surface area contributed by atoms with Crippen molar-refractivity contribution in [2.75, 3.05) is 39.6 Å². The lowest BCUT2D eigenvalue weighted by Gasteiger charge is -2.21. The molecule has 0 aliphatic carbocycles. The van der Waals surface area contributed by atoms with Crippen molar-refractivity contribution in [2.24, 2.45) is 0 Å². The Morgan fingerprint density at radius 2 is 0.515 bits per heavy atom. The van der Waals surface area contributed by atoms with Crippen molar-refractivity contribution in [1.29, 1.82) is 0 Å². The Kier molecular flexibility index (Phi) is 68.1. The van der Waals surface area contributed by atoms with E-state index in [1.807, 2.05) is 24.3 Å². The summed E-state index contributed by atoms with van der Waals surface area (Å²) in [5, 5.41) is 20.6. The molecule has 16 nitrogen and oxygen atoms in total. The minimum Gasteiger partial charge on any atom is -0.463 e. The average Bonchev–Trinajstić information content (AvgIpc) is 2.18. The molecule has 0 aliphatic heterocycles. The molecule has 0 bridgehead atoms. The van der Waals surface area contributed by atoms with Crippen molar-refractivity contribution in [3.8, 4) is 0 Å². The zero-order valence-corrected chi connectivity index (χ0v) is 62.4. The molecule has 0 aromatic heterocycles. The number of ether oxygens (including phenoxy) is 3. The molecule has 0 spiro atoms. The molecule has 5 unspecified atom stereocenters. The van der Waals surface area contributed by atoms with E-state index in [9.17, 15) is 43.5 Å². The van der Waals surface area contributed by atoms with Crippen molar-refractivity contribution in [3.05, 3.63) is 194 Å². The van der Waals surface area contributed by atoms with Crippen LogP contribution in [0.2, 0.25) is 0 Å². The first-order chi connectivity index (χ1) is 48.2. The number of aliphatic hydroxyl groups is 2. The van der Waals surface area contributed by atoms with E-state index in [2.05, 4.69) is 191 Å². The van der Waals surface area contributed by atoms with Crippen LogP contribution in [0.25, 0.3) is 0 Å². The van der Waals surface area contributed by atoms with Gasteiger partial charge in [-0.3, -0.25) is 32.5 Å². The summed E-state index contributed by atoms with van der Waals surface area (Å²) in [6.45, 7) is 2.15. The summed E-state index contributed by atoms with van der Waals surface area (Å²) >= 11 is 0. The van der Waals surface area contributed by atoms with Crippen LogP contribution in [0.1, 0.15) is 239 Å². The molecule has 0 saturated heterocycles. The Morgan fingerprint density at radius 3 is 0.838 bits per heavy atom. The highest BCUT2D eigenvalue weighted by atomic mass is 31.2. The first kappa shape index (κ1) is 93.4. The van der Waals surface area contributed by atoms with Crippen molar-refractivity contribution in [3.63, 3.8) is 0 Å². The summed E-state index contributed by atoms with van der Waals surface area (Å²) in [7, 11) is -9.84. The van der Waals surface area contributed by atoms with Crippen LogP contribution >= 0.6 is 15.6 Å². The van der Waals surface area contributed by atoms with Gasteiger partial charge in [0.05, 0.1) is 26.4 Å². The van der Waals surface area contributed by atoms with Gasteiger partial charge in [0.15, 0.2) is 6.10 Å². The van der Waals surface area contributed by atoms with E-state index in [0.717, 1.165) is 135 Å². The first-order valence-corrected chi connectivity index (χ1v) is 39.7. The number of allylic oxidation sites excluding steroid dienone is 32. The van der Waals surface area contributed by atoms with Gasteiger partial charge in [-0.05, 0) is 148 Å². The van der Waals surface area contributed by atoms with Gasteiger partial charge in [-0.25, -0.2) is 9.13 Å². The Morgan fingerprint density at radius 1 is 0.283 bits per heavy atom. The van der Waals surface area contributed by atoms with Crippen LogP contribution in [-0.4, -0.2) is 95.9 Å². The lowest BCUT2D eigenvalue weighted by Crippen LogP contribution is -2.30. The van der Waals surface area contributed by atoms with Crippen LogP contribution < -0.4 is 0 Å². The summed E-state index contributed by atoms with van der Waals surface area (Å²) in [4.78, 5) is 58.5. The van der Waals surface area contributed by atoms with E-state index in [-0.39, 0.29) is 19.3 Å². The molecule has 0 aliphatic rings. The normalized spacial score (nSPS) is 15.2. The SMILES string of the molecule is CC/C=C\C/C=C\C/C=C\C/C=C\C/C=C\C/C=C\CCCCCCCCCCCCC(=O)OCC(O)COP(=O)(O)OCC(O)COP(=O)(O)OCC(COC(=O)CCC/C=C\C/C=C\C/C=C\C/C=C\C/C=C\CC)OC(=O)CCC/C=C\C/C=C\C/C=C\C/C=C\C/C=C\CC. The van der Waals surface area contributed by atoms with Crippen LogP contribution in [0.4, 0.5) is 0 Å². The maximum absolute atomic E-state index is 12.9. The van der Waals surface area contributed by atoms with Crippen molar-refractivity contribution in [2.45, 2.75) is 257 Å². The van der Waals surface area contributed by atoms with Crippen LogP contribution in [0.5, 0.6) is 0 Å². The Labute approximate surface area is 597 Å². The number of esters is 3. The Balaban J connectivity index is 4.65. The predicted octanol–water partition coefficient (Wildman–Crippen LogP) is 21.2. The number of unbranched alkanes of at least 4 members (excludes halogenated alkanes) is 12. The number of phosphoric acid groups is 2. The van der Waals surface area contributed by atoms with Crippen LogP contribution in [-0.2, 0) is 55.8 Å². The minimum atomic E-state index is -4.96. The summed E-state index contributed by atoms with van der Waals surface area (Å²) in [5.74, 6) is -1.74. The number of phosphoric ester groups is 2. The number of aliphatic hydroxyl groups excluding tert-OH is 2. The quantitative estimate of drug-likeness (QED) is 0.0146. The fourth-order valence-corrected chi connectivity index (χ4v) is 10.4. The summed E-state index contributed by atoms with van der Waals surface area (Å²) in [6.07, 6.45) is 93.6. The summed E-state index contributed by atoms with van der Waals surface area (Å²) in [6, 6.07) is 0. The molecule has 99 heavy (non-hydrogen) atoms. The highest BCUT2D eigenvalue weighted by Gasteiger charge is 2.29. The average molecular weight is 1420 g/mol. The molecule has 0 aromatic rings. The van der Waals surface area contributed by atoms with Gasteiger partial charge >= 0.3 is 33.6 Å². The molecular formula is C81H128O16P2. The van der Waals surface area contributed by atoms with E-state index in [0.29, 0.717) is 32.1 Å². The van der Waals surface area contributed by atoms with E-state index in [1.165, 1.54) is 32.1 Å². The molecule has 0 saturated carbocycles. The highest BCUT2D eigenvalue weighted by molar-refractivity contribution is 7.47. The third-order valence-electron chi connectivity index (χ3n) is 14.3. The second-order valence-electron chi connectivity index (χ2n) is 23.6. The molecule has 0 aromatic carbocycles. The van der Waals surface area contributed by atoms with Crippen molar-refractivity contribution >= 4 is 33.6 Å². The zero-order chi connectivity index (χ0) is 72.3. The molecule has 0 amide bonds. The topological polar surface area (TPSA) is 231 Å². The number of hydrogen-bond donors (Lipinski definition) is 4. The maximum Gasteiger partial charge on any atom is 0.472 e. The lowest BCUT2D eigenvalue weighted by molar-refractivity contribution is -0.161. The first-order valence-electron chi connectivity index (χ1n) is 36.7. The third-order valence-corrected chi connectivity index (χ3v) is 16.2. The largest absolute Gasteiger partial charge is 0.472 e. The summed E-state index contributed by atoms with van der Waals surface area (Å²) < 4.78 is 60.9. The van der Waals surface area contributed by atoms with Gasteiger partial charge in [0, 0.05) is 19.3 Å². The smallest absolute Gasteiger partial charge is 0.463 e. The molecule has 4 N–H and O–H groups in total. The number of hydrogen-bond acceptors (Lipinski definition) is 14. The number of rotatable bonds is 67. The monoisotopic (exact) mass is 1420 g/mol. The van der Waals surface area contributed by atoms with Crippen molar-refractivity contribution in [1.82, 2.24) is 0 Å². The highest BCUT2D eigenvalue weighted by Crippen LogP contribution is 2.45. The predicted molar refractivity (Wildman–Crippen MR) is 408 cm³/mol. The van der Waals surface area contributed by atoms with Gasteiger partial charge < -0.3 is 34.2 Å².